The highest BCUT2D eigenvalue weighted by Gasteiger charge is 2.35. The molecule has 1 amide bonds. The molecular weight excluding hydrogens is 352 g/mol. The van der Waals surface area contributed by atoms with Gasteiger partial charge in [-0.2, -0.15) is 5.10 Å². The van der Waals surface area contributed by atoms with Crippen LogP contribution in [0.5, 0.6) is 0 Å². The van der Waals surface area contributed by atoms with Gasteiger partial charge in [-0.1, -0.05) is 18.0 Å². The lowest BCUT2D eigenvalue weighted by Gasteiger charge is -2.21. The Balaban J connectivity index is 1.54. The van der Waals surface area contributed by atoms with Crippen molar-refractivity contribution in [3.63, 3.8) is 0 Å². The minimum Gasteiger partial charge on any atom is -0.481 e. The Hall–Kier alpha value is -2.29. The number of amides is 1. The van der Waals surface area contributed by atoms with Gasteiger partial charge in [0.15, 0.2) is 0 Å². The number of carboxylic acid groups (broad SMARTS) is 1. The average Bonchev–Trinajstić information content (AvgIpc) is 3.19. The molecule has 1 aliphatic carbocycles. The van der Waals surface area contributed by atoms with Crippen LogP contribution < -0.4 is 15.8 Å². The zero-order valence-corrected chi connectivity index (χ0v) is 14.2. The Morgan fingerprint density at radius 1 is 1.40 bits per heavy atom. The zero-order valence-electron chi connectivity index (χ0n) is 13.4. The van der Waals surface area contributed by atoms with Crippen LogP contribution in [0, 0.1) is 5.92 Å². The second-order valence-electron chi connectivity index (χ2n) is 6.29. The van der Waals surface area contributed by atoms with Crippen molar-refractivity contribution in [3.8, 4) is 0 Å². The molecule has 1 aliphatic heterocycles. The van der Waals surface area contributed by atoms with Crippen molar-refractivity contribution in [1.82, 2.24) is 15.5 Å². The van der Waals surface area contributed by atoms with Crippen LogP contribution >= 0.6 is 11.6 Å². The van der Waals surface area contributed by atoms with Crippen LogP contribution in [0.4, 0.5) is 10.5 Å². The third-order valence-electron chi connectivity index (χ3n) is 4.67. The van der Waals surface area contributed by atoms with Gasteiger partial charge in [-0.05, 0) is 12.8 Å². The van der Waals surface area contributed by atoms with Gasteiger partial charge in [0.25, 0.3) is 5.56 Å². The number of nitrogens with one attached hydrogen (secondary N) is 2. The monoisotopic (exact) mass is 370 g/mol. The largest absolute Gasteiger partial charge is 0.481 e. The quantitative estimate of drug-likeness (QED) is 0.721. The summed E-state index contributed by atoms with van der Waals surface area (Å²) in [7, 11) is 0. The second-order valence-corrected chi connectivity index (χ2v) is 6.66. The topological polar surface area (TPSA) is 125 Å². The molecule has 25 heavy (non-hydrogen) atoms. The molecule has 2 fully saturated rings. The van der Waals surface area contributed by atoms with E-state index >= 15 is 0 Å². The van der Waals surface area contributed by atoms with E-state index in [4.69, 9.17) is 21.4 Å². The number of carbonyl (C=O) groups is 2. The number of aliphatic carboxylic acids is 1. The Bertz CT molecular complexity index is 724. The highest BCUT2D eigenvalue weighted by Crippen LogP contribution is 2.27. The van der Waals surface area contributed by atoms with Gasteiger partial charge >= 0.3 is 12.1 Å². The standard InChI is InChI=1S/C15H19ClN4O5/c16-12-11(6-17-19-13(12)21)20-5-4-8(7-20)25-15(24)18-10-3-1-2-9(10)14(22)23/h6,8-10H,1-5,7H2,(H,18,24)(H,19,21)(H,22,23)/t8-,9-,10-/m1/s1. The van der Waals surface area contributed by atoms with Crippen LogP contribution in [0.15, 0.2) is 11.0 Å². The minimum absolute atomic E-state index is 0.0513. The molecule has 0 unspecified atom stereocenters. The van der Waals surface area contributed by atoms with Crippen molar-refractivity contribution in [2.75, 3.05) is 18.0 Å². The Kier molecular flexibility index (Phi) is 5.12. The van der Waals surface area contributed by atoms with Crippen LogP contribution in [-0.4, -0.2) is 52.6 Å². The van der Waals surface area contributed by atoms with Gasteiger partial charge in [0.2, 0.25) is 0 Å². The van der Waals surface area contributed by atoms with Gasteiger partial charge in [0.05, 0.1) is 24.3 Å². The smallest absolute Gasteiger partial charge is 0.407 e. The summed E-state index contributed by atoms with van der Waals surface area (Å²) in [6.45, 7) is 0.968. The summed E-state index contributed by atoms with van der Waals surface area (Å²) in [5.74, 6) is -1.46. The van der Waals surface area contributed by atoms with Crippen molar-refractivity contribution < 1.29 is 19.4 Å². The molecular formula is C15H19ClN4O5. The van der Waals surface area contributed by atoms with Crippen molar-refractivity contribution >= 4 is 29.4 Å². The summed E-state index contributed by atoms with van der Waals surface area (Å²) in [5, 5.41) is 17.8. The molecule has 10 heteroatoms. The van der Waals surface area contributed by atoms with Crippen molar-refractivity contribution in [2.24, 2.45) is 5.92 Å². The maximum atomic E-state index is 12.0. The number of halogens is 1. The second kappa shape index (κ2) is 7.30. The van der Waals surface area contributed by atoms with E-state index in [9.17, 15) is 14.4 Å². The highest BCUT2D eigenvalue weighted by molar-refractivity contribution is 6.33. The number of alkyl carbamates (subject to hydrolysis) is 1. The first kappa shape index (κ1) is 17.5. The molecule has 1 saturated carbocycles. The van der Waals surface area contributed by atoms with Crippen molar-refractivity contribution in [2.45, 2.75) is 37.8 Å². The van der Waals surface area contributed by atoms with Gasteiger partial charge in [0.1, 0.15) is 11.1 Å². The maximum Gasteiger partial charge on any atom is 0.407 e. The average molecular weight is 371 g/mol. The maximum absolute atomic E-state index is 12.0. The Morgan fingerprint density at radius 3 is 2.96 bits per heavy atom. The fourth-order valence-electron chi connectivity index (χ4n) is 3.40. The lowest BCUT2D eigenvalue weighted by atomic mass is 10.0. The molecule has 3 N–H and O–H groups in total. The predicted molar refractivity (Wildman–Crippen MR) is 88.9 cm³/mol. The fraction of sp³-hybridized carbons (Fsp3) is 0.600. The van der Waals surface area contributed by atoms with E-state index in [2.05, 4.69) is 15.5 Å². The number of H-pyrrole nitrogens is 1. The number of carboxylic acids is 1. The molecule has 2 heterocycles. The minimum atomic E-state index is -0.897. The number of carbonyl (C=O) groups excluding carboxylic acids is 1. The summed E-state index contributed by atoms with van der Waals surface area (Å²) >= 11 is 5.98. The molecule has 1 saturated heterocycles. The summed E-state index contributed by atoms with van der Waals surface area (Å²) in [4.78, 5) is 36.5. The van der Waals surface area contributed by atoms with Gasteiger partial charge in [-0.15, -0.1) is 0 Å². The van der Waals surface area contributed by atoms with E-state index in [-0.39, 0.29) is 11.1 Å². The Morgan fingerprint density at radius 2 is 2.20 bits per heavy atom. The highest BCUT2D eigenvalue weighted by atomic mass is 35.5. The molecule has 9 nitrogen and oxygen atoms in total. The van der Waals surface area contributed by atoms with Gasteiger partial charge < -0.3 is 20.1 Å². The number of anilines is 1. The normalized spacial score (nSPS) is 25.8. The van der Waals surface area contributed by atoms with E-state index in [1.807, 2.05) is 4.90 Å². The third kappa shape index (κ3) is 3.87. The molecule has 0 spiro atoms. The number of nitrogens with zero attached hydrogens (tertiary/aromatic N) is 2. The summed E-state index contributed by atoms with van der Waals surface area (Å²) in [6.07, 6.45) is 3.04. The number of rotatable bonds is 4. The van der Waals surface area contributed by atoms with Crippen LogP contribution in [-0.2, 0) is 9.53 Å². The van der Waals surface area contributed by atoms with E-state index < -0.39 is 29.6 Å². The first-order chi connectivity index (χ1) is 12.0. The lowest BCUT2D eigenvalue weighted by molar-refractivity contribution is -0.142. The van der Waals surface area contributed by atoms with Crippen LogP contribution in [0.25, 0.3) is 0 Å². The molecule has 0 aromatic carbocycles. The van der Waals surface area contributed by atoms with Gasteiger partial charge in [0, 0.05) is 19.0 Å². The number of aromatic nitrogens is 2. The van der Waals surface area contributed by atoms with Crippen LogP contribution in [0.3, 0.4) is 0 Å². The molecule has 2 aliphatic rings. The SMILES string of the molecule is O=C(N[C@@H]1CCC[C@H]1C(=O)O)O[C@@H]1CCN(c2cn[nH]c(=O)c2Cl)C1. The molecule has 136 valence electrons. The van der Waals surface area contributed by atoms with Crippen LogP contribution in [0.2, 0.25) is 5.02 Å². The zero-order chi connectivity index (χ0) is 18.0. The van der Waals surface area contributed by atoms with Crippen molar-refractivity contribution in [1.29, 1.82) is 0 Å². The summed E-state index contributed by atoms with van der Waals surface area (Å²) in [6, 6.07) is -0.395. The van der Waals surface area contributed by atoms with E-state index in [0.29, 0.717) is 38.0 Å². The number of aromatic amines is 1. The van der Waals surface area contributed by atoms with Gasteiger partial charge in [-0.25, -0.2) is 9.89 Å². The number of hydrogen-bond acceptors (Lipinski definition) is 6. The molecule has 3 rings (SSSR count). The molecule has 3 atom stereocenters. The van der Waals surface area contributed by atoms with Crippen LogP contribution in [0.1, 0.15) is 25.7 Å². The third-order valence-corrected chi connectivity index (χ3v) is 5.04. The summed E-state index contributed by atoms with van der Waals surface area (Å²) in [5.41, 5.74) is 0.0286. The Labute approximate surface area is 148 Å². The molecule has 0 radical (unpaired) electrons. The number of hydrogen-bond donors (Lipinski definition) is 3. The molecule has 1 aromatic heterocycles. The van der Waals surface area contributed by atoms with Gasteiger partial charge in [-0.3, -0.25) is 9.59 Å². The predicted octanol–water partition coefficient (Wildman–Crippen LogP) is 0.981. The summed E-state index contributed by atoms with van der Waals surface area (Å²) < 4.78 is 5.39. The molecule has 0 bridgehead atoms. The molecule has 1 aromatic rings. The lowest BCUT2D eigenvalue weighted by Crippen LogP contribution is -2.42. The van der Waals surface area contributed by atoms with E-state index in [1.165, 1.54) is 6.20 Å². The first-order valence-corrected chi connectivity index (χ1v) is 8.51. The van der Waals surface area contributed by atoms with Crippen molar-refractivity contribution in [3.05, 3.63) is 21.6 Å². The number of ether oxygens (including phenoxy) is 1. The first-order valence-electron chi connectivity index (χ1n) is 8.14. The van der Waals surface area contributed by atoms with E-state index in [0.717, 1.165) is 6.42 Å². The van der Waals surface area contributed by atoms with E-state index in [1.54, 1.807) is 0 Å². The fourth-order valence-corrected chi connectivity index (χ4v) is 3.61.